The molecule has 7 aromatic carbocycles. The van der Waals surface area contributed by atoms with Crippen molar-refractivity contribution < 1.29 is 72.4 Å². The third-order valence-electron chi connectivity index (χ3n) is 13.6. The number of amides is 8. The van der Waals surface area contributed by atoms with Crippen LogP contribution in [-0.4, -0.2) is 89.0 Å². The Balaban J connectivity index is 0.804. The first kappa shape index (κ1) is 60.9. The van der Waals surface area contributed by atoms with Crippen molar-refractivity contribution in [3.05, 3.63) is 197 Å². The fraction of sp³-hybridized carbons (Fsp3) is 0.188. The number of nitrogens with one attached hydrogen (secondary N) is 6. The minimum atomic E-state index is -1.44. The van der Waals surface area contributed by atoms with Gasteiger partial charge >= 0.3 is 36.1 Å². The molecule has 7 aromatic rings. The van der Waals surface area contributed by atoms with Gasteiger partial charge in [-0.05, 0) is 132 Å². The Morgan fingerprint density at radius 1 is 0.628 bits per heavy atom. The average molecular weight is 1170 g/mol. The van der Waals surface area contributed by atoms with E-state index in [1.54, 1.807) is 97.1 Å². The lowest BCUT2D eigenvalue weighted by Crippen LogP contribution is -2.41. The van der Waals surface area contributed by atoms with Crippen molar-refractivity contribution in [2.75, 3.05) is 44.6 Å². The highest BCUT2D eigenvalue weighted by atomic mass is 16.6. The van der Waals surface area contributed by atoms with Crippen LogP contribution in [0.15, 0.2) is 164 Å². The van der Waals surface area contributed by atoms with E-state index in [0.717, 1.165) is 21.6 Å². The van der Waals surface area contributed by atoms with Gasteiger partial charge in [-0.25, -0.2) is 24.1 Å². The molecule has 1 aliphatic heterocycles. The van der Waals surface area contributed by atoms with Crippen molar-refractivity contribution in [1.82, 2.24) is 5.32 Å². The highest BCUT2D eigenvalue weighted by Crippen LogP contribution is 2.31. The number of anilines is 6. The van der Waals surface area contributed by atoms with Crippen LogP contribution in [0, 0.1) is 19.8 Å². The van der Waals surface area contributed by atoms with Crippen LogP contribution >= 0.6 is 0 Å². The van der Waals surface area contributed by atoms with Gasteiger partial charge in [0.05, 0.1) is 31.0 Å². The predicted octanol–water partition coefficient (Wildman–Crippen LogP) is 9.91. The summed E-state index contributed by atoms with van der Waals surface area (Å²) in [4.78, 5) is 128. The van der Waals surface area contributed by atoms with Gasteiger partial charge in [0.25, 0.3) is 5.91 Å². The van der Waals surface area contributed by atoms with E-state index in [1.165, 1.54) is 30.3 Å². The summed E-state index contributed by atoms with van der Waals surface area (Å²) >= 11 is 0. The van der Waals surface area contributed by atoms with Crippen molar-refractivity contribution >= 4 is 93.7 Å². The Morgan fingerprint density at radius 3 is 1.98 bits per heavy atom. The Bertz CT molecular complexity index is 3710. The van der Waals surface area contributed by atoms with Gasteiger partial charge < -0.3 is 56.3 Å². The van der Waals surface area contributed by atoms with E-state index >= 15 is 0 Å². The molecular formula is C64H59N7O15. The second kappa shape index (κ2) is 28.7. The molecule has 0 bridgehead atoms. The molecule has 1 fully saturated rings. The largest absolute Gasteiger partial charge is 0.482 e. The number of urea groups is 2. The molecule has 86 heavy (non-hydrogen) atoms. The summed E-state index contributed by atoms with van der Waals surface area (Å²) in [5.74, 6) is -6.49. The van der Waals surface area contributed by atoms with Crippen molar-refractivity contribution in [2.24, 2.45) is 5.92 Å². The number of Topliss-reactive ketones (excluding diaryl/α,β-unsaturated/α-hetero) is 1. The van der Waals surface area contributed by atoms with Gasteiger partial charge in [-0.3, -0.25) is 28.8 Å². The molecule has 0 spiro atoms. The van der Waals surface area contributed by atoms with Crippen molar-refractivity contribution in [2.45, 2.75) is 58.7 Å². The van der Waals surface area contributed by atoms with E-state index in [-0.39, 0.29) is 43.2 Å². The minimum Gasteiger partial charge on any atom is -0.482 e. The first-order valence-corrected chi connectivity index (χ1v) is 27.0. The Labute approximate surface area is 492 Å². The summed E-state index contributed by atoms with van der Waals surface area (Å²) in [6.45, 7) is 2.52. The van der Waals surface area contributed by atoms with Crippen molar-refractivity contribution in [3.8, 4) is 16.9 Å². The van der Waals surface area contributed by atoms with E-state index in [2.05, 4.69) is 31.9 Å². The van der Waals surface area contributed by atoms with Crippen LogP contribution in [0.5, 0.6) is 5.75 Å². The summed E-state index contributed by atoms with van der Waals surface area (Å²) < 4.78 is 16.4. The van der Waals surface area contributed by atoms with E-state index in [1.807, 2.05) is 50.2 Å². The zero-order valence-electron chi connectivity index (χ0n) is 46.5. The molecule has 1 aliphatic rings. The van der Waals surface area contributed by atoms with Crippen LogP contribution in [0.4, 0.5) is 48.5 Å². The number of carbonyl (C=O) groups excluding carboxylic acids is 8. The number of aryl methyl sites for hydroxylation is 2. The molecule has 0 radical (unpaired) electrons. The molecule has 0 aromatic heterocycles. The molecule has 0 aliphatic carbocycles. The minimum absolute atomic E-state index is 0.00420. The third-order valence-corrected chi connectivity index (χ3v) is 13.6. The molecule has 0 saturated carbocycles. The quantitative estimate of drug-likeness (QED) is 0.0195. The summed E-state index contributed by atoms with van der Waals surface area (Å²) in [5, 5.41) is 35.1. The van der Waals surface area contributed by atoms with Gasteiger partial charge in [0, 0.05) is 46.8 Å². The molecule has 8 amide bonds. The molecule has 440 valence electrons. The second-order valence-corrected chi connectivity index (χ2v) is 19.9. The molecular weight excluding hydrogens is 1110 g/mol. The van der Waals surface area contributed by atoms with E-state index in [0.29, 0.717) is 56.3 Å². The number of benzene rings is 7. The molecule has 1 saturated heterocycles. The summed E-state index contributed by atoms with van der Waals surface area (Å²) in [6, 6.07) is 44.3. The monoisotopic (exact) mass is 1170 g/mol. The summed E-state index contributed by atoms with van der Waals surface area (Å²) in [5.41, 5.74) is 7.75. The lowest BCUT2D eigenvalue weighted by molar-refractivity contribution is -0.145. The summed E-state index contributed by atoms with van der Waals surface area (Å²) in [6.07, 6.45) is -3.52. The number of carboxylic acids is 2. The van der Waals surface area contributed by atoms with Gasteiger partial charge in [-0.2, -0.15) is 0 Å². The van der Waals surface area contributed by atoms with Crippen LogP contribution in [-0.2, 0) is 57.7 Å². The molecule has 1 heterocycles. The number of ketones is 1. The maximum absolute atomic E-state index is 13.3. The highest BCUT2D eigenvalue weighted by Gasteiger charge is 2.42. The van der Waals surface area contributed by atoms with E-state index in [9.17, 15) is 58.2 Å². The molecule has 2 atom stereocenters. The lowest BCUT2D eigenvalue weighted by atomic mass is 9.94. The van der Waals surface area contributed by atoms with Gasteiger partial charge in [-0.15, -0.1) is 0 Å². The molecule has 0 unspecified atom stereocenters. The Kier molecular flexibility index (Phi) is 20.3. The molecule has 8 rings (SSSR count). The Morgan fingerprint density at radius 2 is 1.28 bits per heavy atom. The maximum atomic E-state index is 13.3. The van der Waals surface area contributed by atoms with E-state index < -0.39 is 91.7 Å². The number of hydrogen-bond acceptors (Lipinski definition) is 13. The highest BCUT2D eigenvalue weighted by molar-refractivity contribution is 6.18. The average Bonchev–Trinajstić information content (AvgIpc) is 3.15. The standard InChI is InChI=1S/C64H59N7O15/c1-38-10-6-7-16-51(38)69-62(81)67-46-21-18-40(19-22-46)31-56(73)66-48-25-28-54(84-37-58(76)77)44(32-48)20-29-59(78)85-36-41-11-8-14-43(30-41)50-15-9-17-52(39(50)2)70-63(82)68-47-23-26-49(27-24-47)71-61(80)55(86-64(71)83)35-65-60(79)45(34-57(74)75)33-53(72)42-12-4-3-5-13-42/h3-19,21-28,30,32,45,55H,20,29,31,33-37H2,1-2H3,(H,65,79)(H,66,73)(H,74,75)(H,76,77)(H2,67,69,81)(H2,68,70,82)/t45-,55-/m0/s1. The third kappa shape index (κ3) is 17.0. The number of carboxylic acid groups (broad SMARTS) is 2. The predicted molar refractivity (Wildman–Crippen MR) is 318 cm³/mol. The normalized spacial score (nSPS) is 12.9. The van der Waals surface area contributed by atoms with Crippen LogP contribution in [0.1, 0.15) is 57.4 Å². The summed E-state index contributed by atoms with van der Waals surface area (Å²) in [7, 11) is 0. The zero-order valence-corrected chi connectivity index (χ0v) is 46.5. The number of esters is 1. The molecule has 8 N–H and O–H groups in total. The first-order valence-electron chi connectivity index (χ1n) is 27.0. The topological polar surface area (TPSA) is 314 Å². The number of cyclic esters (lactones) is 1. The van der Waals surface area contributed by atoms with Gasteiger partial charge in [0.15, 0.2) is 18.5 Å². The second-order valence-electron chi connectivity index (χ2n) is 19.9. The number of aliphatic carboxylic acids is 2. The van der Waals surface area contributed by atoms with Gasteiger partial charge in [0.2, 0.25) is 11.8 Å². The number of imide groups is 1. The lowest BCUT2D eigenvalue weighted by Gasteiger charge is -2.16. The van der Waals surface area contributed by atoms with Crippen LogP contribution in [0.3, 0.4) is 0 Å². The Hall–Kier alpha value is -11.2. The van der Waals surface area contributed by atoms with Gasteiger partial charge in [0.1, 0.15) is 12.4 Å². The fourth-order valence-corrected chi connectivity index (χ4v) is 9.18. The molecule has 22 heteroatoms. The van der Waals surface area contributed by atoms with Crippen LogP contribution in [0.25, 0.3) is 11.1 Å². The number of nitrogens with zero attached hydrogens (tertiary/aromatic N) is 1. The molecule has 22 nitrogen and oxygen atoms in total. The van der Waals surface area contributed by atoms with Crippen molar-refractivity contribution in [1.29, 1.82) is 0 Å². The first-order chi connectivity index (χ1) is 41.3. The van der Waals surface area contributed by atoms with E-state index in [4.69, 9.17) is 14.2 Å². The number of hydrogen-bond donors (Lipinski definition) is 8. The maximum Gasteiger partial charge on any atom is 0.422 e. The number of carbonyl (C=O) groups is 10. The number of ether oxygens (including phenoxy) is 3. The van der Waals surface area contributed by atoms with Crippen LogP contribution in [0.2, 0.25) is 0 Å². The van der Waals surface area contributed by atoms with Crippen molar-refractivity contribution in [3.63, 3.8) is 0 Å². The smallest absolute Gasteiger partial charge is 0.422 e. The number of para-hydroxylation sites is 1. The SMILES string of the molecule is Cc1ccccc1NC(=O)Nc1ccc(CC(=O)Nc2ccc(OCC(=O)O)c(CCC(=O)OCc3cccc(-c4cccc(NC(=O)Nc5ccc(N6C(=O)O[C@@H](CNC(=O)[C@H](CC(=O)O)CC(=O)c7ccccc7)C6=O)cc5)c4C)c3)c2)cc1. The number of rotatable bonds is 25. The van der Waals surface area contributed by atoms with Crippen LogP contribution < -0.4 is 41.5 Å². The zero-order chi connectivity index (χ0) is 61.3. The fourth-order valence-electron chi connectivity index (χ4n) is 9.18. The van der Waals surface area contributed by atoms with Gasteiger partial charge in [-0.1, -0.05) is 91.0 Å².